The van der Waals surface area contributed by atoms with Gasteiger partial charge in [-0.3, -0.25) is 0 Å². The van der Waals surface area contributed by atoms with E-state index in [1.807, 2.05) is 0 Å². The van der Waals surface area contributed by atoms with Gasteiger partial charge in [-0.2, -0.15) is 10.5 Å². The number of nitrogens with one attached hydrogen (secondary N) is 1. The molecule has 0 aromatic heterocycles. The van der Waals surface area contributed by atoms with Crippen molar-refractivity contribution < 1.29 is 0 Å². The zero-order valence-corrected chi connectivity index (χ0v) is 11.8. The Labute approximate surface area is 120 Å². The molecule has 0 unspecified atom stereocenters. The Balaban J connectivity index is 2.06. The Morgan fingerprint density at radius 3 is 2.50 bits per heavy atom. The SMILES string of the molecule is CC1CCC(NCc2cc(C#N)cc(C#N)c2N)CC1. The van der Waals surface area contributed by atoms with Crippen LogP contribution in [-0.2, 0) is 6.54 Å². The van der Waals surface area contributed by atoms with Gasteiger partial charge >= 0.3 is 0 Å². The van der Waals surface area contributed by atoms with Crippen molar-refractivity contribution in [3.8, 4) is 12.1 Å². The number of hydrogen-bond donors (Lipinski definition) is 2. The van der Waals surface area contributed by atoms with Crippen LogP contribution in [0.2, 0.25) is 0 Å². The molecule has 0 heterocycles. The fourth-order valence-electron chi connectivity index (χ4n) is 2.74. The average molecular weight is 268 g/mol. The van der Waals surface area contributed by atoms with E-state index in [0.29, 0.717) is 29.4 Å². The number of nitrogens with two attached hydrogens (primary N) is 1. The summed E-state index contributed by atoms with van der Waals surface area (Å²) in [6.45, 7) is 2.92. The molecule has 0 bridgehead atoms. The summed E-state index contributed by atoms with van der Waals surface area (Å²) in [5.41, 5.74) is 8.20. The number of nitrogen functional groups attached to an aromatic ring is 1. The molecule has 4 nitrogen and oxygen atoms in total. The van der Waals surface area contributed by atoms with Gasteiger partial charge in [-0.05, 0) is 49.3 Å². The van der Waals surface area contributed by atoms with Gasteiger partial charge in [-0.25, -0.2) is 0 Å². The first-order chi connectivity index (χ1) is 9.63. The maximum Gasteiger partial charge on any atom is 0.101 e. The largest absolute Gasteiger partial charge is 0.397 e. The third-order valence-electron chi connectivity index (χ3n) is 4.11. The number of anilines is 1. The second kappa shape index (κ2) is 6.41. The zero-order valence-electron chi connectivity index (χ0n) is 11.8. The molecule has 1 fully saturated rings. The second-order valence-electron chi connectivity index (χ2n) is 5.66. The molecule has 0 radical (unpaired) electrons. The molecule has 1 aromatic carbocycles. The van der Waals surface area contributed by atoms with E-state index >= 15 is 0 Å². The standard InChI is InChI=1S/C16H20N4/c1-11-2-4-15(5-3-11)20-10-14-7-12(8-17)6-13(9-18)16(14)19/h6-7,11,15,20H,2-5,10,19H2,1H3. The van der Waals surface area contributed by atoms with Crippen LogP contribution >= 0.6 is 0 Å². The van der Waals surface area contributed by atoms with Gasteiger partial charge in [0.1, 0.15) is 6.07 Å². The van der Waals surface area contributed by atoms with Crippen LogP contribution in [0.1, 0.15) is 49.3 Å². The van der Waals surface area contributed by atoms with Crippen molar-refractivity contribution in [1.82, 2.24) is 5.32 Å². The highest BCUT2D eigenvalue weighted by molar-refractivity contribution is 5.62. The fraction of sp³-hybridized carbons (Fsp3) is 0.500. The minimum Gasteiger partial charge on any atom is -0.397 e. The third kappa shape index (κ3) is 3.29. The van der Waals surface area contributed by atoms with Crippen LogP contribution < -0.4 is 11.1 Å². The molecular formula is C16H20N4. The Morgan fingerprint density at radius 1 is 1.20 bits per heavy atom. The molecule has 3 N–H and O–H groups in total. The second-order valence-corrected chi connectivity index (χ2v) is 5.66. The lowest BCUT2D eigenvalue weighted by Gasteiger charge is -2.27. The first-order valence-electron chi connectivity index (χ1n) is 7.10. The third-order valence-corrected chi connectivity index (χ3v) is 4.11. The molecule has 1 aliphatic carbocycles. The Kier molecular flexibility index (Phi) is 4.61. The highest BCUT2D eigenvalue weighted by Crippen LogP contribution is 2.25. The van der Waals surface area contributed by atoms with E-state index in [1.165, 1.54) is 25.7 Å². The highest BCUT2D eigenvalue weighted by Gasteiger charge is 2.18. The molecule has 104 valence electrons. The van der Waals surface area contributed by atoms with E-state index in [9.17, 15) is 0 Å². The Bertz CT molecular complexity index is 557. The minimum atomic E-state index is 0.387. The van der Waals surface area contributed by atoms with Crippen molar-refractivity contribution >= 4 is 5.69 Å². The smallest absolute Gasteiger partial charge is 0.101 e. The van der Waals surface area contributed by atoms with Gasteiger partial charge in [0.15, 0.2) is 0 Å². The van der Waals surface area contributed by atoms with E-state index in [-0.39, 0.29) is 0 Å². The predicted molar refractivity (Wildman–Crippen MR) is 78.5 cm³/mol. The topological polar surface area (TPSA) is 85.6 Å². The van der Waals surface area contributed by atoms with Crippen molar-refractivity contribution in [2.24, 2.45) is 5.92 Å². The Morgan fingerprint density at radius 2 is 1.90 bits per heavy atom. The van der Waals surface area contributed by atoms with Crippen LogP contribution in [0.25, 0.3) is 0 Å². The van der Waals surface area contributed by atoms with Crippen LogP contribution in [0.3, 0.4) is 0 Å². The van der Waals surface area contributed by atoms with Gasteiger partial charge in [0, 0.05) is 12.6 Å². The first kappa shape index (κ1) is 14.4. The van der Waals surface area contributed by atoms with Crippen LogP contribution in [0.15, 0.2) is 12.1 Å². The van der Waals surface area contributed by atoms with Gasteiger partial charge in [-0.15, -0.1) is 0 Å². The normalized spacial score (nSPS) is 21.9. The van der Waals surface area contributed by atoms with Crippen LogP contribution in [0.5, 0.6) is 0 Å². The highest BCUT2D eigenvalue weighted by atomic mass is 14.9. The number of nitriles is 2. The molecule has 1 aromatic rings. The fourth-order valence-corrected chi connectivity index (χ4v) is 2.74. The molecule has 0 spiro atoms. The number of rotatable bonds is 3. The molecule has 0 aliphatic heterocycles. The maximum absolute atomic E-state index is 9.05. The van der Waals surface area contributed by atoms with Crippen LogP contribution in [-0.4, -0.2) is 6.04 Å². The molecule has 4 heteroatoms. The lowest BCUT2D eigenvalue weighted by molar-refractivity contribution is 0.306. The van der Waals surface area contributed by atoms with Crippen molar-refractivity contribution in [2.75, 3.05) is 5.73 Å². The van der Waals surface area contributed by atoms with Gasteiger partial charge in [0.25, 0.3) is 0 Å². The lowest BCUT2D eigenvalue weighted by Crippen LogP contribution is -2.32. The van der Waals surface area contributed by atoms with Gasteiger partial charge in [-0.1, -0.05) is 6.92 Å². The van der Waals surface area contributed by atoms with Gasteiger partial charge in [0.2, 0.25) is 0 Å². The number of hydrogen-bond acceptors (Lipinski definition) is 4. The maximum atomic E-state index is 9.05. The molecule has 0 amide bonds. The van der Waals surface area contributed by atoms with E-state index in [1.54, 1.807) is 12.1 Å². The van der Waals surface area contributed by atoms with E-state index in [0.717, 1.165) is 11.5 Å². The summed E-state index contributed by atoms with van der Waals surface area (Å²) in [5.74, 6) is 0.824. The monoisotopic (exact) mass is 268 g/mol. The summed E-state index contributed by atoms with van der Waals surface area (Å²) in [5, 5.41) is 21.6. The molecule has 0 atom stereocenters. The van der Waals surface area contributed by atoms with Gasteiger partial charge in [0.05, 0.1) is 22.9 Å². The molecule has 1 saturated carbocycles. The molecule has 1 aliphatic rings. The lowest BCUT2D eigenvalue weighted by atomic mass is 9.87. The van der Waals surface area contributed by atoms with Crippen LogP contribution in [0.4, 0.5) is 5.69 Å². The van der Waals surface area contributed by atoms with Crippen molar-refractivity contribution in [2.45, 2.75) is 45.2 Å². The quantitative estimate of drug-likeness (QED) is 0.825. The zero-order chi connectivity index (χ0) is 14.5. The summed E-state index contributed by atoms with van der Waals surface area (Å²) in [4.78, 5) is 0. The molecular weight excluding hydrogens is 248 g/mol. The van der Waals surface area contributed by atoms with E-state index in [4.69, 9.17) is 16.3 Å². The van der Waals surface area contributed by atoms with Crippen molar-refractivity contribution in [3.63, 3.8) is 0 Å². The summed E-state index contributed by atoms with van der Waals surface area (Å²) in [7, 11) is 0. The summed E-state index contributed by atoms with van der Waals surface area (Å²) < 4.78 is 0. The summed E-state index contributed by atoms with van der Waals surface area (Å²) in [6.07, 6.45) is 4.89. The first-order valence-corrected chi connectivity index (χ1v) is 7.10. The molecule has 2 rings (SSSR count). The number of benzene rings is 1. The summed E-state index contributed by atoms with van der Waals surface area (Å²) in [6, 6.07) is 7.96. The average Bonchev–Trinajstić information content (AvgIpc) is 2.48. The molecule has 0 saturated heterocycles. The van der Waals surface area contributed by atoms with Crippen molar-refractivity contribution in [1.29, 1.82) is 10.5 Å². The Hall–Kier alpha value is -2.04. The predicted octanol–water partition coefficient (Wildman–Crippen LogP) is 2.68. The van der Waals surface area contributed by atoms with E-state index < -0.39 is 0 Å². The molecule has 20 heavy (non-hydrogen) atoms. The van der Waals surface area contributed by atoms with Crippen molar-refractivity contribution in [3.05, 3.63) is 28.8 Å². The number of nitrogens with zero attached hydrogens (tertiary/aromatic N) is 2. The van der Waals surface area contributed by atoms with Gasteiger partial charge < -0.3 is 11.1 Å². The van der Waals surface area contributed by atoms with E-state index in [2.05, 4.69) is 24.4 Å². The summed E-state index contributed by atoms with van der Waals surface area (Å²) >= 11 is 0. The minimum absolute atomic E-state index is 0.387. The van der Waals surface area contributed by atoms with Crippen LogP contribution in [0, 0.1) is 28.6 Å².